The van der Waals surface area contributed by atoms with Crippen LogP contribution in [-0.2, 0) is 0 Å². The number of benzene rings is 2. The summed E-state index contributed by atoms with van der Waals surface area (Å²) in [6.07, 6.45) is 3.64. The van der Waals surface area contributed by atoms with E-state index in [4.69, 9.17) is 4.74 Å². The van der Waals surface area contributed by atoms with Crippen LogP contribution in [0.4, 0.5) is 17.1 Å². The van der Waals surface area contributed by atoms with Gasteiger partial charge in [-0.15, -0.1) is 0 Å². The third-order valence-corrected chi connectivity index (χ3v) is 4.97. The summed E-state index contributed by atoms with van der Waals surface area (Å²) in [4.78, 5) is 25.8. The molecule has 8 nitrogen and oxygen atoms in total. The van der Waals surface area contributed by atoms with Crippen LogP contribution >= 0.6 is 0 Å². The number of hydrogen-bond acceptors (Lipinski definition) is 6. The summed E-state index contributed by atoms with van der Waals surface area (Å²) in [6.45, 7) is 3.38. The molecule has 1 saturated heterocycles. The number of likely N-dealkylation sites (tertiary alicyclic amines) is 1. The van der Waals surface area contributed by atoms with Gasteiger partial charge in [0.25, 0.3) is 11.6 Å². The summed E-state index contributed by atoms with van der Waals surface area (Å²) < 4.78 is 5.22. The first-order valence-electron chi connectivity index (χ1n) is 9.77. The summed E-state index contributed by atoms with van der Waals surface area (Å²) in [7, 11) is 1.58. The number of ether oxygens (including phenoxy) is 1. The molecule has 1 aliphatic rings. The number of anilines is 2. The van der Waals surface area contributed by atoms with Gasteiger partial charge >= 0.3 is 0 Å². The van der Waals surface area contributed by atoms with Crippen molar-refractivity contribution in [3.8, 4) is 5.75 Å². The van der Waals surface area contributed by atoms with Crippen LogP contribution < -0.4 is 15.4 Å². The number of rotatable bonds is 8. The second-order valence-corrected chi connectivity index (χ2v) is 7.00. The topological polar surface area (TPSA) is 96.7 Å². The van der Waals surface area contributed by atoms with Gasteiger partial charge in [0, 0.05) is 37.0 Å². The molecule has 8 heteroatoms. The first-order valence-corrected chi connectivity index (χ1v) is 9.77. The molecule has 2 aromatic carbocycles. The highest BCUT2D eigenvalue weighted by molar-refractivity contribution is 6.01. The number of nitrogens with one attached hydrogen (secondary N) is 2. The smallest absolute Gasteiger partial charge is 0.270 e. The lowest BCUT2D eigenvalue weighted by molar-refractivity contribution is -0.384. The monoisotopic (exact) mass is 398 g/mol. The molecule has 0 saturated carbocycles. The van der Waals surface area contributed by atoms with Gasteiger partial charge in [0.2, 0.25) is 0 Å². The molecule has 3 rings (SSSR count). The lowest BCUT2D eigenvalue weighted by Crippen LogP contribution is -2.37. The maximum Gasteiger partial charge on any atom is 0.270 e. The van der Waals surface area contributed by atoms with E-state index >= 15 is 0 Å². The Morgan fingerprint density at radius 3 is 2.69 bits per heavy atom. The number of carbonyl (C=O) groups is 1. The zero-order valence-electron chi connectivity index (χ0n) is 16.5. The van der Waals surface area contributed by atoms with E-state index in [1.165, 1.54) is 31.4 Å². The van der Waals surface area contributed by atoms with Gasteiger partial charge in [0.05, 0.1) is 23.3 Å². The standard InChI is InChI=1S/C21H26N4O4/c1-29-18-7-5-6-16(14-18)23-20-9-8-17(25(27)28)15-19(20)21(26)22-10-13-24-11-3-2-4-12-24/h5-9,14-15,23H,2-4,10-13H2,1H3,(H,22,26). The Bertz CT molecular complexity index is 866. The highest BCUT2D eigenvalue weighted by Crippen LogP contribution is 2.27. The van der Waals surface area contributed by atoms with Crippen molar-refractivity contribution in [1.82, 2.24) is 10.2 Å². The van der Waals surface area contributed by atoms with Crippen molar-refractivity contribution in [2.24, 2.45) is 0 Å². The molecule has 0 bridgehead atoms. The summed E-state index contributed by atoms with van der Waals surface area (Å²) in [5, 5.41) is 17.2. The summed E-state index contributed by atoms with van der Waals surface area (Å²) >= 11 is 0. The molecule has 0 aromatic heterocycles. The van der Waals surface area contributed by atoms with E-state index in [1.54, 1.807) is 19.2 Å². The average Bonchev–Trinajstić information content (AvgIpc) is 2.74. The van der Waals surface area contributed by atoms with Crippen molar-refractivity contribution in [2.75, 3.05) is 38.6 Å². The Hall–Kier alpha value is -3.13. The molecule has 1 amide bonds. The Labute approximate surface area is 170 Å². The quantitative estimate of drug-likeness (QED) is 0.521. The van der Waals surface area contributed by atoms with Crippen LogP contribution in [0.1, 0.15) is 29.6 Å². The second-order valence-electron chi connectivity index (χ2n) is 7.00. The number of amides is 1. The molecule has 0 atom stereocenters. The zero-order chi connectivity index (χ0) is 20.6. The number of nitro benzene ring substituents is 1. The van der Waals surface area contributed by atoms with Gasteiger partial charge in [-0.1, -0.05) is 12.5 Å². The third kappa shape index (κ3) is 5.68. The Morgan fingerprint density at radius 2 is 1.97 bits per heavy atom. The molecule has 2 N–H and O–H groups in total. The molecule has 0 aliphatic carbocycles. The van der Waals surface area contributed by atoms with Gasteiger partial charge in [0.1, 0.15) is 5.75 Å². The van der Waals surface area contributed by atoms with Crippen LogP contribution in [0.3, 0.4) is 0 Å². The number of carbonyl (C=O) groups excluding carboxylic acids is 1. The summed E-state index contributed by atoms with van der Waals surface area (Å²) in [5.74, 6) is 0.334. The van der Waals surface area contributed by atoms with Gasteiger partial charge < -0.3 is 20.3 Å². The summed E-state index contributed by atoms with van der Waals surface area (Å²) in [5.41, 5.74) is 1.34. The minimum atomic E-state index is -0.500. The fourth-order valence-corrected chi connectivity index (χ4v) is 3.40. The van der Waals surface area contributed by atoms with Crippen LogP contribution in [0.5, 0.6) is 5.75 Å². The molecule has 0 radical (unpaired) electrons. The molecule has 1 fully saturated rings. The van der Waals surface area contributed by atoms with E-state index < -0.39 is 4.92 Å². The van der Waals surface area contributed by atoms with Crippen LogP contribution in [-0.4, -0.2) is 49.0 Å². The van der Waals surface area contributed by atoms with Crippen molar-refractivity contribution in [3.63, 3.8) is 0 Å². The molecule has 154 valence electrons. The van der Waals surface area contributed by atoms with Crippen molar-refractivity contribution in [1.29, 1.82) is 0 Å². The Balaban J connectivity index is 1.74. The molecule has 29 heavy (non-hydrogen) atoms. The van der Waals surface area contributed by atoms with Gasteiger partial charge in [-0.3, -0.25) is 14.9 Å². The predicted octanol–water partition coefficient (Wildman–Crippen LogP) is 3.56. The van der Waals surface area contributed by atoms with Gasteiger partial charge in [-0.05, 0) is 44.1 Å². The van der Waals surface area contributed by atoms with Crippen molar-refractivity contribution in [3.05, 3.63) is 58.1 Å². The van der Waals surface area contributed by atoms with Crippen LogP contribution in [0.2, 0.25) is 0 Å². The largest absolute Gasteiger partial charge is 0.497 e. The zero-order valence-corrected chi connectivity index (χ0v) is 16.5. The maximum absolute atomic E-state index is 12.8. The maximum atomic E-state index is 12.8. The fourth-order valence-electron chi connectivity index (χ4n) is 3.40. The van der Waals surface area contributed by atoms with Gasteiger partial charge in [-0.2, -0.15) is 0 Å². The lowest BCUT2D eigenvalue weighted by atomic mass is 10.1. The first kappa shape index (κ1) is 20.6. The SMILES string of the molecule is COc1cccc(Nc2ccc([N+](=O)[O-])cc2C(=O)NCCN2CCCCC2)c1. The first-order chi connectivity index (χ1) is 14.1. The number of hydrogen-bond donors (Lipinski definition) is 2. The summed E-state index contributed by atoms with van der Waals surface area (Å²) in [6, 6.07) is 11.5. The van der Waals surface area contributed by atoms with E-state index in [-0.39, 0.29) is 17.2 Å². The number of piperidine rings is 1. The van der Waals surface area contributed by atoms with E-state index in [9.17, 15) is 14.9 Å². The van der Waals surface area contributed by atoms with Crippen molar-refractivity contribution >= 4 is 23.0 Å². The van der Waals surface area contributed by atoms with Crippen LogP contribution in [0.25, 0.3) is 0 Å². The van der Waals surface area contributed by atoms with E-state index in [0.29, 0.717) is 18.0 Å². The van der Waals surface area contributed by atoms with Crippen molar-refractivity contribution < 1.29 is 14.5 Å². The third-order valence-electron chi connectivity index (χ3n) is 4.97. The minimum absolute atomic E-state index is 0.123. The average molecular weight is 398 g/mol. The van der Waals surface area contributed by atoms with Gasteiger partial charge in [0.15, 0.2) is 0 Å². The molecule has 2 aromatic rings. The lowest BCUT2D eigenvalue weighted by Gasteiger charge is -2.26. The molecular formula is C21H26N4O4. The minimum Gasteiger partial charge on any atom is -0.497 e. The Kier molecular flexibility index (Phi) is 7.02. The molecule has 0 unspecified atom stereocenters. The molecule has 0 spiro atoms. The van der Waals surface area contributed by atoms with Gasteiger partial charge in [-0.25, -0.2) is 0 Å². The highest BCUT2D eigenvalue weighted by atomic mass is 16.6. The molecule has 1 aliphatic heterocycles. The number of nitrogens with zero attached hydrogens (tertiary/aromatic N) is 2. The normalized spacial score (nSPS) is 14.2. The Morgan fingerprint density at radius 1 is 1.17 bits per heavy atom. The van der Waals surface area contributed by atoms with E-state index in [1.807, 2.05) is 18.2 Å². The predicted molar refractivity (Wildman–Crippen MR) is 112 cm³/mol. The van der Waals surface area contributed by atoms with Crippen molar-refractivity contribution in [2.45, 2.75) is 19.3 Å². The number of methoxy groups -OCH3 is 1. The number of nitro groups is 1. The molecular weight excluding hydrogens is 372 g/mol. The fraction of sp³-hybridized carbons (Fsp3) is 0.381. The highest BCUT2D eigenvalue weighted by Gasteiger charge is 2.18. The number of non-ortho nitro benzene ring substituents is 1. The molecule has 1 heterocycles. The van der Waals surface area contributed by atoms with E-state index in [2.05, 4.69) is 15.5 Å². The van der Waals surface area contributed by atoms with Crippen LogP contribution in [0.15, 0.2) is 42.5 Å². The van der Waals surface area contributed by atoms with E-state index in [0.717, 1.165) is 25.3 Å². The second kappa shape index (κ2) is 9.88. The van der Waals surface area contributed by atoms with Crippen LogP contribution in [0, 0.1) is 10.1 Å².